The second-order valence-corrected chi connectivity index (χ2v) is 9.61. The minimum atomic E-state index is -3.23. The Bertz CT molecular complexity index is 1380. The van der Waals surface area contributed by atoms with Gasteiger partial charge in [0.25, 0.3) is 5.91 Å². The summed E-state index contributed by atoms with van der Waals surface area (Å²) in [6.07, 6.45) is 4.09. The third kappa shape index (κ3) is 3.82. The lowest BCUT2D eigenvalue weighted by Crippen LogP contribution is -2.25. The highest BCUT2D eigenvalue weighted by molar-refractivity contribution is 7.93. The Morgan fingerprint density at radius 2 is 1.81 bits per heavy atom. The maximum Gasteiger partial charge on any atom is 0.251 e. The van der Waals surface area contributed by atoms with Crippen molar-refractivity contribution in [1.82, 2.24) is 19.9 Å². The first kappa shape index (κ1) is 20.2. The fourth-order valence-electron chi connectivity index (χ4n) is 3.80. The number of nitrogens with one attached hydrogen (secondary N) is 1. The molecule has 8 nitrogen and oxygen atoms in total. The van der Waals surface area contributed by atoms with E-state index < -0.39 is 10.0 Å². The van der Waals surface area contributed by atoms with Crippen molar-refractivity contribution in [3.8, 4) is 5.82 Å². The van der Waals surface area contributed by atoms with Crippen molar-refractivity contribution in [2.75, 3.05) is 16.6 Å². The first-order valence-corrected chi connectivity index (χ1v) is 11.9. The van der Waals surface area contributed by atoms with Gasteiger partial charge in [-0.1, -0.05) is 18.2 Å². The number of sulfonamides is 1. The summed E-state index contributed by atoms with van der Waals surface area (Å²) in [7, 11) is -3.23. The summed E-state index contributed by atoms with van der Waals surface area (Å²) in [6.45, 7) is 0.810. The number of amides is 1. The summed E-state index contributed by atoms with van der Waals surface area (Å²) in [5, 5.41) is 2.87. The van der Waals surface area contributed by atoms with Crippen molar-refractivity contribution < 1.29 is 13.2 Å². The average molecular weight is 448 g/mol. The van der Waals surface area contributed by atoms with Crippen LogP contribution in [0.3, 0.4) is 0 Å². The van der Waals surface area contributed by atoms with Crippen LogP contribution in [-0.2, 0) is 16.6 Å². The first-order valence-electron chi connectivity index (χ1n) is 10.3. The molecular formula is C23H21N5O3S. The number of nitrogens with zero attached hydrogens (tertiary/aromatic N) is 4. The van der Waals surface area contributed by atoms with Crippen molar-refractivity contribution in [3.63, 3.8) is 0 Å². The standard InChI is InChI=1S/C23H21N5O3S/c29-23(18-7-9-19(10-8-18)28-12-3-13-32(28,30)31)25-15-17-6-11-22(24-14-17)27-16-26-20-4-1-2-5-21(20)27/h1-2,4-11,14,16H,3,12-13,15H2,(H,25,29). The van der Waals surface area contributed by atoms with Crippen molar-refractivity contribution >= 4 is 32.7 Å². The molecule has 0 unspecified atom stereocenters. The normalized spacial score (nSPS) is 15.2. The lowest BCUT2D eigenvalue weighted by atomic mass is 10.2. The van der Waals surface area contributed by atoms with Gasteiger partial charge in [0, 0.05) is 24.8 Å². The number of fused-ring (bicyclic) bond motifs is 1. The number of pyridine rings is 1. The second kappa shape index (κ2) is 8.08. The number of benzene rings is 2. The fourth-order valence-corrected chi connectivity index (χ4v) is 5.36. The Labute approximate surface area is 185 Å². The minimum absolute atomic E-state index is 0.166. The first-order chi connectivity index (χ1) is 15.5. The Morgan fingerprint density at radius 3 is 2.53 bits per heavy atom. The van der Waals surface area contributed by atoms with Crippen molar-refractivity contribution in [2.24, 2.45) is 0 Å². The van der Waals surface area contributed by atoms with Crippen LogP contribution in [0.1, 0.15) is 22.3 Å². The predicted octanol–water partition coefficient (Wildman–Crippen LogP) is 2.89. The number of hydrogen-bond acceptors (Lipinski definition) is 5. The van der Waals surface area contributed by atoms with E-state index in [1.807, 2.05) is 41.0 Å². The average Bonchev–Trinajstić information content (AvgIpc) is 3.40. The molecule has 1 aliphatic heterocycles. The van der Waals surface area contributed by atoms with Crippen LogP contribution < -0.4 is 9.62 Å². The van der Waals surface area contributed by atoms with E-state index in [2.05, 4.69) is 15.3 Å². The molecule has 32 heavy (non-hydrogen) atoms. The Balaban J connectivity index is 1.23. The van der Waals surface area contributed by atoms with Crippen LogP contribution in [-0.4, -0.2) is 41.2 Å². The number of hydrogen-bond donors (Lipinski definition) is 1. The van der Waals surface area contributed by atoms with Gasteiger partial charge in [0.05, 0.1) is 22.5 Å². The summed E-state index contributed by atoms with van der Waals surface area (Å²) in [4.78, 5) is 21.4. The van der Waals surface area contributed by atoms with Gasteiger partial charge >= 0.3 is 0 Å². The number of anilines is 1. The molecule has 5 rings (SSSR count). The zero-order valence-corrected chi connectivity index (χ0v) is 18.0. The van der Waals surface area contributed by atoms with Gasteiger partial charge in [0.15, 0.2) is 0 Å². The Kier molecular flexibility index (Phi) is 5.10. The van der Waals surface area contributed by atoms with E-state index >= 15 is 0 Å². The summed E-state index contributed by atoms with van der Waals surface area (Å²) in [5.41, 5.74) is 3.81. The minimum Gasteiger partial charge on any atom is -0.348 e. The van der Waals surface area contributed by atoms with E-state index in [1.165, 1.54) is 4.31 Å². The molecule has 1 N–H and O–H groups in total. The molecule has 4 aromatic rings. The molecule has 0 bridgehead atoms. The van der Waals surface area contributed by atoms with Gasteiger partial charge in [-0.05, 0) is 54.4 Å². The van der Waals surface area contributed by atoms with Crippen LogP contribution in [0.25, 0.3) is 16.9 Å². The quantitative estimate of drug-likeness (QED) is 0.507. The monoisotopic (exact) mass is 447 g/mol. The number of carbonyl (C=O) groups is 1. The highest BCUT2D eigenvalue weighted by Gasteiger charge is 2.28. The topological polar surface area (TPSA) is 97.2 Å². The SMILES string of the molecule is O=C(NCc1ccc(-n2cnc3ccccc32)nc1)c1ccc(N2CCCS2(=O)=O)cc1. The second-order valence-electron chi connectivity index (χ2n) is 7.60. The summed E-state index contributed by atoms with van der Waals surface area (Å²) < 4.78 is 27.4. The van der Waals surface area contributed by atoms with Crippen molar-refractivity contribution in [3.05, 3.63) is 84.3 Å². The molecule has 2 aromatic heterocycles. The smallest absolute Gasteiger partial charge is 0.251 e. The third-order valence-corrected chi connectivity index (χ3v) is 7.35. The van der Waals surface area contributed by atoms with Crippen LogP contribution >= 0.6 is 0 Å². The van der Waals surface area contributed by atoms with Gasteiger partial charge in [-0.25, -0.2) is 18.4 Å². The summed E-state index contributed by atoms with van der Waals surface area (Å²) in [5.74, 6) is 0.686. The van der Waals surface area contributed by atoms with E-state index in [4.69, 9.17) is 0 Å². The Morgan fingerprint density at radius 1 is 1.00 bits per heavy atom. The molecule has 1 amide bonds. The molecule has 0 aliphatic carbocycles. The number of rotatable bonds is 5. The molecular weight excluding hydrogens is 426 g/mol. The number of imidazole rings is 1. The van der Waals surface area contributed by atoms with Gasteiger partial charge in [-0.3, -0.25) is 13.7 Å². The maximum absolute atomic E-state index is 12.5. The van der Waals surface area contributed by atoms with Gasteiger partial charge in [-0.2, -0.15) is 0 Å². The van der Waals surface area contributed by atoms with Crippen LogP contribution in [0.15, 0.2) is 73.2 Å². The molecule has 1 aliphatic rings. The molecule has 3 heterocycles. The molecule has 1 saturated heterocycles. The molecule has 1 fully saturated rings. The lowest BCUT2D eigenvalue weighted by molar-refractivity contribution is 0.0951. The number of carbonyl (C=O) groups excluding carboxylic acids is 1. The number of aromatic nitrogens is 3. The zero-order valence-electron chi connectivity index (χ0n) is 17.2. The molecule has 2 aromatic carbocycles. The summed E-state index contributed by atoms with van der Waals surface area (Å²) >= 11 is 0. The van der Waals surface area contributed by atoms with E-state index in [0.717, 1.165) is 22.4 Å². The van der Waals surface area contributed by atoms with Gasteiger partial charge in [0.2, 0.25) is 10.0 Å². The lowest BCUT2D eigenvalue weighted by Gasteiger charge is -2.17. The molecule has 162 valence electrons. The van der Waals surface area contributed by atoms with Crippen LogP contribution in [0, 0.1) is 0 Å². The van der Waals surface area contributed by atoms with Crippen molar-refractivity contribution in [2.45, 2.75) is 13.0 Å². The summed E-state index contributed by atoms with van der Waals surface area (Å²) in [6, 6.07) is 18.3. The molecule has 0 spiro atoms. The fraction of sp³-hybridized carbons (Fsp3) is 0.174. The van der Waals surface area contributed by atoms with E-state index in [0.29, 0.717) is 30.8 Å². The molecule has 0 atom stereocenters. The van der Waals surface area contributed by atoms with E-state index in [9.17, 15) is 13.2 Å². The highest BCUT2D eigenvalue weighted by Crippen LogP contribution is 2.24. The van der Waals surface area contributed by atoms with Crippen LogP contribution in [0.2, 0.25) is 0 Å². The van der Waals surface area contributed by atoms with Crippen LogP contribution in [0.4, 0.5) is 5.69 Å². The Hall–Kier alpha value is -3.72. The van der Waals surface area contributed by atoms with Crippen LogP contribution in [0.5, 0.6) is 0 Å². The van der Waals surface area contributed by atoms with E-state index in [-0.39, 0.29) is 11.7 Å². The molecule has 9 heteroatoms. The number of para-hydroxylation sites is 2. The highest BCUT2D eigenvalue weighted by atomic mass is 32.2. The predicted molar refractivity (Wildman–Crippen MR) is 122 cm³/mol. The van der Waals surface area contributed by atoms with E-state index in [1.54, 1.807) is 36.8 Å². The molecule has 0 saturated carbocycles. The molecule has 0 radical (unpaired) electrons. The largest absolute Gasteiger partial charge is 0.348 e. The van der Waals surface area contributed by atoms with Gasteiger partial charge in [0.1, 0.15) is 12.1 Å². The maximum atomic E-state index is 12.5. The third-order valence-electron chi connectivity index (χ3n) is 5.48. The zero-order chi connectivity index (χ0) is 22.1. The van der Waals surface area contributed by atoms with Gasteiger partial charge in [-0.15, -0.1) is 0 Å². The van der Waals surface area contributed by atoms with Gasteiger partial charge < -0.3 is 5.32 Å². The van der Waals surface area contributed by atoms with Crippen molar-refractivity contribution in [1.29, 1.82) is 0 Å².